The number of carboxylic acid groups (broad SMARTS) is 1. The van der Waals surface area contributed by atoms with E-state index in [0.717, 1.165) is 54.6 Å². The van der Waals surface area contributed by atoms with Crippen molar-refractivity contribution in [1.82, 2.24) is 9.78 Å². The Morgan fingerprint density at radius 1 is 1.29 bits per heavy atom. The van der Waals surface area contributed by atoms with E-state index >= 15 is 0 Å². The van der Waals surface area contributed by atoms with Crippen LogP contribution in [0.4, 0.5) is 0 Å². The van der Waals surface area contributed by atoms with Gasteiger partial charge in [-0.15, -0.1) is 0 Å². The number of fused-ring (bicyclic) bond motifs is 1. The Balaban J connectivity index is 2.23. The maximum atomic E-state index is 11.5. The van der Waals surface area contributed by atoms with E-state index in [2.05, 4.69) is 5.10 Å². The summed E-state index contributed by atoms with van der Waals surface area (Å²) >= 11 is 6.19. The SMILES string of the molecule is Cc1c(Cl)cccc1-n1nc(C(=O)O)c2c1CCCCC2. The lowest BCUT2D eigenvalue weighted by Crippen LogP contribution is -2.06. The van der Waals surface area contributed by atoms with Crippen molar-refractivity contribution in [2.24, 2.45) is 0 Å². The minimum atomic E-state index is -0.952. The highest BCUT2D eigenvalue weighted by atomic mass is 35.5. The number of nitrogens with zero attached hydrogens (tertiary/aromatic N) is 2. The normalized spacial score (nSPS) is 14.6. The number of carboxylic acids is 1. The Hall–Kier alpha value is -1.81. The van der Waals surface area contributed by atoms with Gasteiger partial charge in [-0.25, -0.2) is 9.48 Å². The Labute approximate surface area is 128 Å². The first-order valence-corrected chi connectivity index (χ1v) is 7.57. The lowest BCUT2D eigenvalue weighted by atomic mass is 10.1. The van der Waals surface area contributed by atoms with Crippen molar-refractivity contribution in [3.8, 4) is 5.69 Å². The Morgan fingerprint density at radius 2 is 2.05 bits per heavy atom. The number of benzene rings is 1. The van der Waals surface area contributed by atoms with Crippen LogP contribution in [0.1, 0.15) is 46.6 Å². The van der Waals surface area contributed by atoms with Gasteiger partial charge in [0.05, 0.1) is 5.69 Å². The lowest BCUT2D eigenvalue weighted by molar-refractivity contribution is 0.0688. The summed E-state index contributed by atoms with van der Waals surface area (Å²) in [4.78, 5) is 11.5. The van der Waals surface area contributed by atoms with Crippen molar-refractivity contribution in [3.63, 3.8) is 0 Å². The Kier molecular flexibility index (Phi) is 3.72. The van der Waals surface area contributed by atoms with E-state index in [9.17, 15) is 9.90 Å². The van der Waals surface area contributed by atoms with Crippen molar-refractivity contribution < 1.29 is 9.90 Å². The first kappa shape index (κ1) is 14.1. The van der Waals surface area contributed by atoms with Crippen molar-refractivity contribution in [2.75, 3.05) is 0 Å². The van der Waals surface area contributed by atoms with Gasteiger partial charge in [-0.1, -0.05) is 24.1 Å². The summed E-state index contributed by atoms with van der Waals surface area (Å²) in [7, 11) is 0. The second-order valence-electron chi connectivity index (χ2n) is 5.44. The summed E-state index contributed by atoms with van der Waals surface area (Å²) in [6.07, 6.45) is 4.87. The third kappa shape index (κ3) is 2.44. The van der Waals surface area contributed by atoms with Crippen molar-refractivity contribution in [2.45, 2.75) is 39.0 Å². The van der Waals surface area contributed by atoms with E-state index in [-0.39, 0.29) is 5.69 Å². The summed E-state index contributed by atoms with van der Waals surface area (Å²) < 4.78 is 1.78. The average molecular weight is 305 g/mol. The molecule has 0 unspecified atom stereocenters. The van der Waals surface area contributed by atoms with Crippen LogP contribution in [0.5, 0.6) is 0 Å². The Morgan fingerprint density at radius 3 is 2.81 bits per heavy atom. The van der Waals surface area contributed by atoms with Gasteiger partial charge >= 0.3 is 5.97 Å². The maximum Gasteiger partial charge on any atom is 0.356 e. The molecule has 0 fully saturated rings. The first-order valence-electron chi connectivity index (χ1n) is 7.19. The van der Waals surface area contributed by atoms with Gasteiger partial charge in [-0.3, -0.25) is 0 Å². The zero-order chi connectivity index (χ0) is 15.0. The predicted molar refractivity (Wildman–Crippen MR) is 81.5 cm³/mol. The molecule has 1 aromatic carbocycles. The highest BCUT2D eigenvalue weighted by molar-refractivity contribution is 6.31. The van der Waals surface area contributed by atoms with Crippen molar-refractivity contribution >= 4 is 17.6 Å². The third-order valence-electron chi connectivity index (χ3n) is 4.10. The molecule has 0 aliphatic heterocycles. The topological polar surface area (TPSA) is 55.1 Å². The van der Waals surface area contributed by atoms with Gasteiger partial charge in [0.2, 0.25) is 0 Å². The van der Waals surface area contributed by atoms with Crippen LogP contribution in [0.25, 0.3) is 5.69 Å². The summed E-state index contributed by atoms with van der Waals surface area (Å²) in [5.41, 5.74) is 3.89. The molecule has 0 spiro atoms. The second kappa shape index (κ2) is 5.53. The minimum absolute atomic E-state index is 0.186. The van der Waals surface area contributed by atoms with Gasteiger partial charge in [-0.05, 0) is 50.3 Å². The summed E-state index contributed by atoms with van der Waals surface area (Å²) in [6, 6.07) is 5.64. The zero-order valence-electron chi connectivity index (χ0n) is 11.9. The molecule has 1 aliphatic carbocycles. The van der Waals surface area contributed by atoms with E-state index in [1.807, 2.05) is 25.1 Å². The van der Waals surface area contributed by atoms with E-state index in [0.29, 0.717) is 5.02 Å². The fourth-order valence-electron chi connectivity index (χ4n) is 2.97. The molecule has 0 radical (unpaired) electrons. The summed E-state index contributed by atoms with van der Waals surface area (Å²) in [5.74, 6) is -0.952. The van der Waals surface area contributed by atoms with Gasteiger partial charge in [-0.2, -0.15) is 5.10 Å². The monoisotopic (exact) mass is 304 g/mol. The second-order valence-corrected chi connectivity index (χ2v) is 5.84. The molecule has 2 aromatic rings. The molecule has 0 saturated carbocycles. The van der Waals surface area contributed by atoms with Gasteiger partial charge < -0.3 is 5.11 Å². The van der Waals surface area contributed by atoms with E-state index in [1.165, 1.54) is 0 Å². The highest BCUT2D eigenvalue weighted by Gasteiger charge is 2.25. The van der Waals surface area contributed by atoms with Gasteiger partial charge in [0.1, 0.15) is 0 Å². The lowest BCUT2D eigenvalue weighted by Gasteiger charge is -2.11. The number of aromatic carboxylic acids is 1. The molecule has 5 heteroatoms. The largest absolute Gasteiger partial charge is 0.476 e. The molecule has 1 heterocycles. The molecule has 0 amide bonds. The predicted octanol–water partition coefficient (Wildman–Crippen LogP) is 3.80. The number of hydrogen-bond donors (Lipinski definition) is 1. The Bertz CT molecular complexity index is 707. The number of aromatic nitrogens is 2. The van der Waals surface area contributed by atoms with E-state index < -0.39 is 5.97 Å². The van der Waals surface area contributed by atoms with Crippen LogP contribution in [0.2, 0.25) is 5.02 Å². The van der Waals surface area contributed by atoms with Crippen LogP contribution in [-0.2, 0) is 12.8 Å². The molecule has 1 N–H and O–H groups in total. The summed E-state index contributed by atoms with van der Waals surface area (Å²) in [5, 5.41) is 14.4. The quantitative estimate of drug-likeness (QED) is 0.859. The van der Waals surface area contributed by atoms with Crippen LogP contribution in [0.15, 0.2) is 18.2 Å². The smallest absolute Gasteiger partial charge is 0.356 e. The third-order valence-corrected chi connectivity index (χ3v) is 4.51. The fourth-order valence-corrected chi connectivity index (χ4v) is 3.14. The summed E-state index contributed by atoms with van der Waals surface area (Å²) in [6.45, 7) is 1.93. The number of carbonyl (C=O) groups is 1. The van der Waals surface area contributed by atoms with Gasteiger partial charge in [0, 0.05) is 16.3 Å². The fraction of sp³-hybridized carbons (Fsp3) is 0.375. The van der Waals surface area contributed by atoms with Crippen LogP contribution in [0.3, 0.4) is 0 Å². The molecule has 110 valence electrons. The highest BCUT2D eigenvalue weighted by Crippen LogP contribution is 2.29. The molecule has 3 rings (SSSR count). The number of halogens is 1. The molecule has 21 heavy (non-hydrogen) atoms. The van der Waals surface area contributed by atoms with E-state index in [1.54, 1.807) is 4.68 Å². The molecular weight excluding hydrogens is 288 g/mol. The van der Waals surface area contributed by atoms with Crippen LogP contribution >= 0.6 is 11.6 Å². The van der Waals surface area contributed by atoms with Gasteiger partial charge in [0.25, 0.3) is 0 Å². The molecule has 1 aliphatic rings. The number of rotatable bonds is 2. The maximum absolute atomic E-state index is 11.5. The molecule has 0 bridgehead atoms. The van der Waals surface area contributed by atoms with E-state index in [4.69, 9.17) is 11.6 Å². The van der Waals surface area contributed by atoms with Gasteiger partial charge in [0.15, 0.2) is 5.69 Å². The van der Waals surface area contributed by atoms with Crippen molar-refractivity contribution in [1.29, 1.82) is 0 Å². The molecule has 4 nitrogen and oxygen atoms in total. The first-order chi connectivity index (χ1) is 10.1. The zero-order valence-corrected chi connectivity index (χ0v) is 12.7. The standard InChI is InChI=1S/C16H17ClN2O2/c1-10-12(17)7-5-9-13(10)19-14-8-4-2-3-6-11(14)15(18-19)16(20)21/h5,7,9H,2-4,6,8H2,1H3,(H,20,21). The molecule has 1 aromatic heterocycles. The number of hydrogen-bond acceptors (Lipinski definition) is 2. The molecular formula is C16H17ClN2O2. The minimum Gasteiger partial charge on any atom is -0.476 e. The molecule has 0 atom stereocenters. The van der Waals surface area contributed by atoms with Crippen LogP contribution in [-0.4, -0.2) is 20.9 Å². The van der Waals surface area contributed by atoms with Crippen LogP contribution < -0.4 is 0 Å². The van der Waals surface area contributed by atoms with Crippen LogP contribution in [0, 0.1) is 6.92 Å². The molecule has 0 saturated heterocycles. The average Bonchev–Trinajstić information content (AvgIpc) is 2.65. The van der Waals surface area contributed by atoms with Crippen molar-refractivity contribution in [3.05, 3.63) is 45.7 Å².